The smallest absolute Gasteiger partial charge is 0.145 e. The van der Waals surface area contributed by atoms with Crippen molar-refractivity contribution in [1.29, 1.82) is 0 Å². The first-order chi connectivity index (χ1) is 35.6. The van der Waals surface area contributed by atoms with Crippen LogP contribution >= 0.6 is 0 Å². The lowest BCUT2D eigenvalue weighted by Gasteiger charge is -2.43. The fraction of sp³-hybridized carbons (Fsp3) is 0.0435. The molecule has 2 aliphatic carbocycles. The van der Waals surface area contributed by atoms with Crippen LogP contribution in [0.5, 0.6) is 11.5 Å². The van der Waals surface area contributed by atoms with E-state index < -0.39 is 10.8 Å². The minimum atomic E-state index is -0.736. The van der Waals surface area contributed by atoms with Crippen molar-refractivity contribution in [2.45, 2.75) is 17.8 Å². The summed E-state index contributed by atoms with van der Waals surface area (Å²) in [5.74, 6) is 1.66. The van der Waals surface area contributed by atoms with Gasteiger partial charge in [-0.15, -0.1) is 0 Å². The Labute approximate surface area is 417 Å². The number of ether oxygens (including phenoxy) is 1. The van der Waals surface area contributed by atoms with Gasteiger partial charge in [-0.05, 0) is 116 Å². The van der Waals surface area contributed by atoms with Gasteiger partial charge in [0.05, 0.1) is 22.2 Å². The second kappa shape index (κ2) is 14.4. The predicted molar refractivity (Wildman–Crippen MR) is 293 cm³/mol. The van der Waals surface area contributed by atoms with E-state index in [2.05, 4.69) is 254 Å². The number of anilines is 3. The number of nitrogens with zero attached hydrogens (tertiary/aromatic N) is 1. The molecule has 11 aromatic carbocycles. The van der Waals surface area contributed by atoms with Crippen molar-refractivity contribution in [2.75, 3.05) is 4.90 Å². The van der Waals surface area contributed by atoms with E-state index in [4.69, 9.17) is 9.15 Å². The minimum Gasteiger partial charge on any atom is -0.456 e. The number of benzene rings is 11. The molecule has 3 heteroatoms. The molecule has 0 fully saturated rings. The molecule has 0 radical (unpaired) electrons. The molecule has 0 saturated carbocycles. The Morgan fingerprint density at radius 3 is 1.69 bits per heavy atom. The predicted octanol–water partition coefficient (Wildman–Crippen LogP) is 18.2. The van der Waals surface area contributed by atoms with Crippen LogP contribution in [0.2, 0.25) is 0 Å². The van der Waals surface area contributed by atoms with Crippen LogP contribution in [0.15, 0.2) is 247 Å². The summed E-state index contributed by atoms with van der Waals surface area (Å²) in [7, 11) is 0. The highest BCUT2D eigenvalue weighted by Crippen LogP contribution is 2.63. The average molecular weight is 918 g/mol. The molecular weight excluding hydrogens is 875 g/mol. The Morgan fingerprint density at radius 2 is 0.944 bits per heavy atom. The van der Waals surface area contributed by atoms with Gasteiger partial charge >= 0.3 is 0 Å². The lowest BCUT2D eigenvalue weighted by Crippen LogP contribution is -2.34. The van der Waals surface area contributed by atoms with E-state index in [-0.39, 0.29) is 0 Å². The largest absolute Gasteiger partial charge is 0.456 e. The molecule has 0 N–H and O–H groups in total. The quantitative estimate of drug-likeness (QED) is 0.177. The number of fused-ring (bicyclic) bond motifs is 14. The minimum absolute atomic E-state index is 0.441. The van der Waals surface area contributed by atoms with Gasteiger partial charge in [-0.25, -0.2) is 0 Å². The topological polar surface area (TPSA) is 25.6 Å². The van der Waals surface area contributed by atoms with Gasteiger partial charge in [-0.1, -0.05) is 200 Å². The lowest BCUT2D eigenvalue weighted by molar-refractivity contribution is 0.436. The molecule has 12 aromatic rings. The molecule has 5 aliphatic rings. The molecule has 4 heterocycles. The Morgan fingerprint density at radius 1 is 0.375 bits per heavy atom. The third-order valence-corrected chi connectivity index (χ3v) is 16.6. The van der Waals surface area contributed by atoms with Crippen molar-refractivity contribution >= 4 is 39.0 Å². The van der Waals surface area contributed by atoms with Crippen LogP contribution in [0.25, 0.3) is 77.6 Å². The molecule has 0 amide bonds. The highest BCUT2D eigenvalue weighted by Gasteiger charge is 2.50. The van der Waals surface area contributed by atoms with Gasteiger partial charge in [-0.2, -0.15) is 0 Å². The maximum absolute atomic E-state index is 7.49. The van der Waals surface area contributed by atoms with Crippen molar-refractivity contribution < 1.29 is 9.15 Å². The molecule has 1 atom stereocenters. The Balaban J connectivity index is 1.01. The van der Waals surface area contributed by atoms with Gasteiger partial charge in [-0.3, -0.25) is 0 Å². The molecule has 3 nitrogen and oxygen atoms in total. The highest BCUT2D eigenvalue weighted by atomic mass is 16.5. The average Bonchev–Trinajstić information content (AvgIpc) is 3.92. The summed E-state index contributed by atoms with van der Waals surface area (Å²) in [4.78, 5) is 2.48. The third kappa shape index (κ3) is 5.04. The van der Waals surface area contributed by atoms with Crippen molar-refractivity contribution in [3.63, 3.8) is 0 Å². The Hall–Kier alpha value is -9.18. The Kier molecular flexibility index (Phi) is 7.95. The van der Waals surface area contributed by atoms with Gasteiger partial charge in [0.1, 0.15) is 22.7 Å². The van der Waals surface area contributed by atoms with Crippen molar-refractivity contribution in [3.8, 4) is 67.1 Å². The molecule has 0 saturated heterocycles. The summed E-state index contributed by atoms with van der Waals surface area (Å²) >= 11 is 0. The van der Waals surface area contributed by atoms with Crippen molar-refractivity contribution in [2.24, 2.45) is 0 Å². The molecular formula is C69H43NO2. The second-order valence-electron chi connectivity index (χ2n) is 19.9. The van der Waals surface area contributed by atoms with Gasteiger partial charge in [0.15, 0.2) is 0 Å². The van der Waals surface area contributed by atoms with E-state index in [0.29, 0.717) is 0 Å². The van der Waals surface area contributed by atoms with Gasteiger partial charge in [0.25, 0.3) is 0 Å². The molecule has 1 aromatic heterocycles. The zero-order valence-corrected chi connectivity index (χ0v) is 39.4. The van der Waals surface area contributed by atoms with Crippen LogP contribution in [0, 0.1) is 0 Å². The number of hydrogen-bond acceptors (Lipinski definition) is 3. The van der Waals surface area contributed by atoms with Crippen molar-refractivity contribution in [3.05, 3.63) is 282 Å². The Bertz CT molecular complexity index is 4230. The summed E-state index contributed by atoms with van der Waals surface area (Å²) < 4.78 is 14.9. The number of rotatable bonds is 3. The first-order valence-corrected chi connectivity index (χ1v) is 25.0. The van der Waals surface area contributed by atoms with E-state index in [1.165, 1.54) is 61.2 Å². The number of furan rings is 1. The normalized spacial score (nSPS) is 15.8. The van der Waals surface area contributed by atoms with Gasteiger partial charge < -0.3 is 14.1 Å². The van der Waals surface area contributed by atoms with Crippen LogP contribution in [0.1, 0.15) is 45.9 Å². The lowest BCUT2D eigenvalue weighted by atomic mass is 9.62. The van der Waals surface area contributed by atoms with Crippen molar-refractivity contribution in [1.82, 2.24) is 0 Å². The first kappa shape index (κ1) is 39.6. The monoisotopic (exact) mass is 917 g/mol. The van der Waals surface area contributed by atoms with E-state index in [1.807, 2.05) is 0 Å². The van der Waals surface area contributed by atoms with E-state index in [0.717, 1.165) is 83.9 Å². The second-order valence-corrected chi connectivity index (χ2v) is 19.9. The first-order valence-electron chi connectivity index (χ1n) is 25.0. The highest BCUT2D eigenvalue weighted by molar-refractivity contribution is 6.18. The SMILES string of the molecule is CC12c3ccc4c(c3)oc3c(-c5cccc6c5Oc5ccccc5C65c6ccccc6-c6ccccc6-c6ccccc65)ccc(c34)N(c3ccccc3-c3ccccc3)c3ccc(c1c3)-c1ccccc12. The molecule has 6 bridgehead atoms. The molecule has 336 valence electrons. The third-order valence-electron chi connectivity index (χ3n) is 16.6. The van der Waals surface area contributed by atoms with Crippen LogP contribution in [0.3, 0.4) is 0 Å². The fourth-order valence-corrected chi connectivity index (χ4v) is 13.5. The summed E-state index contributed by atoms with van der Waals surface area (Å²) in [5, 5.41) is 2.11. The summed E-state index contributed by atoms with van der Waals surface area (Å²) in [5.41, 5.74) is 23.8. The van der Waals surface area contributed by atoms with Crippen LogP contribution in [-0.2, 0) is 10.8 Å². The fourth-order valence-electron chi connectivity index (χ4n) is 13.5. The van der Waals surface area contributed by atoms with Gasteiger partial charge in [0.2, 0.25) is 0 Å². The standard InChI is InChI=1S/C69H43NO2/c1-68-43-34-36-54-64(40-43)72-67-53(38-39-62(65(54)67)70(61-32-15-10-20-45(61)42-18-3-2-4-19-42)44-35-37-51(60(68)41-44)50-25-7-11-27-55(50)68)52-26-17-31-59-66(52)71-63-33-16-14-30-58(63)69(59)56-28-12-8-23-48(56)46-21-5-6-22-47(46)49-24-9-13-29-57(49)69/h2-41H,1H3. The zero-order chi connectivity index (χ0) is 47.3. The van der Waals surface area contributed by atoms with Crippen LogP contribution in [-0.4, -0.2) is 0 Å². The maximum Gasteiger partial charge on any atom is 0.145 e. The summed E-state index contributed by atoms with van der Waals surface area (Å²) in [6, 6.07) is 89.5. The molecule has 17 rings (SSSR count). The molecule has 3 aliphatic heterocycles. The van der Waals surface area contributed by atoms with E-state index in [1.54, 1.807) is 0 Å². The van der Waals surface area contributed by atoms with Crippen LogP contribution < -0.4 is 9.64 Å². The summed E-state index contributed by atoms with van der Waals surface area (Å²) in [6.07, 6.45) is 0. The molecule has 1 unspecified atom stereocenters. The number of para-hydroxylation sites is 3. The van der Waals surface area contributed by atoms with E-state index >= 15 is 0 Å². The molecule has 1 spiro atoms. The van der Waals surface area contributed by atoms with Gasteiger partial charge in [0, 0.05) is 44.3 Å². The maximum atomic E-state index is 7.49. The summed E-state index contributed by atoms with van der Waals surface area (Å²) in [6.45, 7) is 2.39. The molecule has 72 heavy (non-hydrogen) atoms. The van der Waals surface area contributed by atoms with E-state index in [9.17, 15) is 0 Å². The van der Waals surface area contributed by atoms with Crippen LogP contribution in [0.4, 0.5) is 17.1 Å². The number of hydrogen-bond donors (Lipinski definition) is 0. The zero-order valence-electron chi connectivity index (χ0n) is 39.4.